The summed E-state index contributed by atoms with van der Waals surface area (Å²) in [6.07, 6.45) is 1.29. The normalized spacial score (nSPS) is 26.3. The fourth-order valence-corrected chi connectivity index (χ4v) is 2.64. The summed E-state index contributed by atoms with van der Waals surface area (Å²) in [4.78, 5) is 4.68. The Labute approximate surface area is 108 Å². The van der Waals surface area contributed by atoms with Crippen LogP contribution in [0.5, 0.6) is 0 Å². The molecule has 1 saturated heterocycles. The second-order valence-electron chi connectivity index (χ2n) is 4.62. The molecule has 1 aliphatic heterocycles. The van der Waals surface area contributed by atoms with Gasteiger partial charge < -0.3 is 5.32 Å². The number of hydrogen-bond acceptors (Lipinski definition) is 3. The van der Waals surface area contributed by atoms with Crippen molar-refractivity contribution in [1.82, 2.24) is 9.80 Å². The Bertz CT molecular complexity index is 344. The van der Waals surface area contributed by atoms with Crippen molar-refractivity contribution in [2.75, 3.05) is 31.8 Å². The molecule has 1 aromatic carbocycles. The van der Waals surface area contributed by atoms with Gasteiger partial charge in [-0.25, -0.2) is 0 Å². The molecular formula is C13H20ClN3. The van der Waals surface area contributed by atoms with Crippen molar-refractivity contribution in [3.05, 3.63) is 30.3 Å². The van der Waals surface area contributed by atoms with Gasteiger partial charge in [0.15, 0.2) is 0 Å². The Hall–Kier alpha value is -0.770. The predicted octanol–water partition coefficient (Wildman–Crippen LogP) is 2.26. The van der Waals surface area contributed by atoms with E-state index < -0.39 is 0 Å². The first-order chi connectivity index (χ1) is 8.22. The molecular weight excluding hydrogens is 234 g/mol. The number of hydrogen-bond donors (Lipinski definition) is 1. The number of nitrogens with one attached hydrogen (secondary N) is 1. The van der Waals surface area contributed by atoms with E-state index in [0.29, 0.717) is 6.04 Å². The van der Waals surface area contributed by atoms with E-state index in [0.717, 1.165) is 24.5 Å². The van der Waals surface area contributed by atoms with Crippen molar-refractivity contribution in [3.63, 3.8) is 0 Å². The third-order valence-electron chi connectivity index (χ3n) is 3.39. The second-order valence-corrected chi connectivity index (χ2v) is 5.00. The topological polar surface area (TPSA) is 18.5 Å². The lowest BCUT2D eigenvalue weighted by atomic mass is 10.2. The minimum Gasteiger partial charge on any atom is -0.357 e. The fourth-order valence-electron chi connectivity index (χ4n) is 2.39. The van der Waals surface area contributed by atoms with E-state index in [-0.39, 0.29) is 6.29 Å². The first kappa shape index (κ1) is 12.7. The Morgan fingerprint density at radius 1 is 1.29 bits per heavy atom. The van der Waals surface area contributed by atoms with Crippen LogP contribution in [0.2, 0.25) is 0 Å². The van der Waals surface area contributed by atoms with Crippen LogP contribution >= 0.6 is 11.6 Å². The van der Waals surface area contributed by atoms with E-state index in [9.17, 15) is 0 Å². The van der Waals surface area contributed by atoms with Crippen molar-refractivity contribution in [3.8, 4) is 0 Å². The zero-order valence-electron chi connectivity index (χ0n) is 10.4. The highest BCUT2D eigenvalue weighted by Crippen LogP contribution is 2.21. The van der Waals surface area contributed by atoms with Gasteiger partial charge in [0, 0.05) is 24.2 Å². The van der Waals surface area contributed by atoms with Gasteiger partial charge in [0.1, 0.15) is 6.29 Å². The highest BCUT2D eigenvalue weighted by Gasteiger charge is 2.33. The van der Waals surface area contributed by atoms with E-state index in [4.69, 9.17) is 11.6 Å². The number of nitrogens with zero attached hydrogens (tertiary/aromatic N) is 2. The summed E-state index contributed by atoms with van der Waals surface area (Å²) >= 11 is 5.84. The molecule has 0 bridgehead atoms. The van der Waals surface area contributed by atoms with Crippen LogP contribution in [0.4, 0.5) is 5.69 Å². The SMILES string of the molecule is CN1CC(CCCl)N(C)C1Nc1ccccc1. The molecule has 0 aromatic heterocycles. The maximum absolute atomic E-state index is 5.84. The van der Waals surface area contributed by atoms with Crippen LogP contribution < -0.4 is 5.32 Å². The molecule has 1 heterocycles. The van der Waals surface area contributed by atoms with Crippen LogP contribution in [0.15, 0.2) is 30.3 Å². The zero-order valence-corrected chi connectivity index (χ0v) is 11.2. The Kier molecular flexibility index (Phi) is 4.26. The van der Waals surface area contributed by atoms with Crippen LogP contribution in [0.3, 0.4) is 0 Å². The maximum Gasteiger partial charge on any atom is 0.137 e. The van der Waals surface area contributed by atoms with Gasteiger partial charge in [0.25, 0.3) is 0 Å². The summed E-state index contributed by atoms with van der Waals surface area (Å²) in [6, 6.07) is 10.9. The Morgan fingerprint density at radius 2 is 2.00 bits per heavy atom. The van der Waals surface area contributed by atoms with Gasteiger partial charge in [-0.05, 0) is 32.6 Å². The van der Waals surface area contributed by atoms with Crippen molar-refractivity contribution in [2.24, 2.45) is 0 Å². The van der Waals surface area contributed by atoms with Gasteiger partial charge in [-0.15, -0.1) is 11.6 Å². The number of alkyl halides is 1. The Balaban J connectivity index is 2.01. The number of rotatable bonds is 4. The molecule has 0 radical (unpaired) electrons. The minimum atomic E-state index is 0.255. The number of anilines is 1. The van der Waals surface area contributed by atoms with E-state index in [1.807, 2.05) is 18.2 Å². The molecule has 2 atom stereocenters. The predicted molar refractivity (Wildman–Crippen MR) is 73.4 cm³/mol. The van der Waals surface area contributed by atoms with Gasteiger partial charge in [-0.3, -0.25) is 9.80 Å². The molecule has 4 heteroatoms. The summed E-state index contributed by atoms with van der Waals surface area (Å²) in [6.45, 7) is 1.06. The monoisotopic (exact) mass is 253 g/mol. The number of para-hydroxylation sites is 1. The zero-order chi connectivity index (χ0) is 12.3. The average Bonchev–Trinajstić information content (AvgIpc) is 2.59. The third-order valence-corrected chi connectivity index (χ3v) is 3.61. The molecule has 2 unspecified atom stereocenters. The van der Waals surface area contributed by atoms with E-state index in [1.54, 1.807) is 0 Å². The third kappa shape index (κ3) is 2.92. The number of benzene rings is 1. The molecule has 0 aliphatic carbocycles. The molecule has 17 heavy (non-hydrogen) atoms. The van der Waals surface area contributed by atoms with E-state index >= 15 is 0 Å². The lowest BCUT2D eigenvalue weighted by Gasteiger charge is -2.28. The smallest absolute Gasteiger partial charge is 0.137 e. The summed E-state index contributed by atoms with van der Waals surface area (Å²) in [5.74, 6) is 0.723. The van der Waals surface area contributed by atoms with Gasteiger partial charge in [-0.2, -0.15) is 0 Å². The first-order valence-electron chi connectivity index (χ1n) is 6.02. The summed E-state index contributed by atoms with van der Waals surface area (Å²) in [5, 5.41) is 3.54. The van der Waals surface area contributed by atoms with Crippen LogP contribution in [-0.2, 0) is 0 Å². The molecule has 2 rings (SSSR count). The molecule has 1 aromatic rings. The largest absolute Gasteiger partial charge is 0.357 e. The molecule has 0 spiro atoms. The summed E-state index contributed by atoms with van der Waals surface area (Å²) < 4.78 is 0. The van der Waals surface area contributed by atoms with Crippen molar-refractivity contribution < 1.29 is 0 Å². The van der Waals surface area contributed by atoms with Crippen molar-refractivity contribution in [2.45, 2.75) is 18.8 Å². The van der Waals surface area contributed by atoms with Crippen LogP contribution in [-0.4, -0.2) is 48.7 Å². The molecule has 94 valence electrons. The molecule has 1 N–H and O–H groups in total. The maximum atomic E-state index is 5.84. The molecule has 0 amide bonds. The molecule has 0 saturated carbocycles. The quantitative estimate of drug-likeness (QED) is 0.831. The van der Waals surface area contributed by atoms with Crippen LogP contribution in [0.1, 0.15) is 6.42 Å². The van der Waals surface area contributed by atoms with Crippen LogP contribution in [0, 0.1) is 0 Å². The average molecular weight is 254 g/mol. The number of likely N-dealkylation sites (N-methyl/N-ethyl adjacent to an activating group) is 2. The second kappa shape index (κ2) is 5.71. The number of halogens is 1. The fraction of sp³-hybridized carbons (Fsp3) is 0.538. The van der Waals surface area contributed by atoms with Crippen molar-refractivity contribution in [1.29, 1.82) is 0 Å². The van der Waals surface area contributed by atoms with Crippen molar-refractivity contribution >= 4 is 17.3 Å². The van der Waals surface area contributed by atoms with Gasteiger partial charge in [-0.1, -0.05) is 18.2 Å². The highest BCUT2D eigenvalue weighted by molar-refractivity contribution is 6.17. The van der Waals surface area contributed by atoms with Gasteiger partial charge in [0.05, 0.1) is 0 Å². The van der Waals surface area contributed by atoms with E-state index in [2.05, 4.69) is 41.3 Å². The first-order valence-corrected chi connectivity index (χ1v) is 6.55. The minimum absolute atomic E-state index is 0.255. The lowest BCUT2D eigenvalue weighted by molar-refractivity contribution is 0.195. The molecule has 1 aliphatic rings. The van der Waals surface area contributed by atoms with Crippen LogP contribution in [0.25, 0.3) is 0 Å². The van der Waals surface area contributed by atoms with Gasteiger partial charge in [0.2, 0.25) is 0 Å². The highest BCUT2D eigenvalue weighted by atomic mass is 35.5. The summed E-state index contributed by atoms with van der Waals surface area (Å²) in [5.41, 5.74) is 1.16. The lowest BCUT2D eigenvalue weighted by Crippen LogP contribution is -2.42. The van der Waals surface area contributed by atoms with E-state index in [1.165, 1.54) is 0 Å². The van der Waals surface area contributed by atoms with Gasteiger partial charge >= 0.3 is 0 Å². The molecule has 3 nitrogen and oxygen atoms in total. The summed E-state index contributed by atoms with van der Waals surface area (Å²) in [7, 11) is 4.30. The molecule has 1 fully saturated rings. The Morgan fingerprint density at radius 3 is 2.65 bits per heavy atom. The standard InChI is InChI=1S/C13H20ClN3/c1-16-10-12(8-9-14)17(2)13(16)15-11-6-4-3-5-7-11/h3-7,12-13,15H,8-10H2,1-2H3.